The van der Waals surface area contributed by atoms with Crippen molar-refractivity contribution < 1.29 is 13.9 Å². The van der Waals surface area contributed by atoms with Gasteiger partial charge in [0.05, 0.1) is 22.7 Å². The van der Waals surface area contributed by atoms with Crippen LogP contribution in [-0.4, -0.2) is 25.7 Å². The van der Waals surface area contributed by atoms with Gasteiger partial charge in [-0.1, -0.05) is 13.0 Å². The molecule has 0 aliphatic rings. The zero-order valence-corrected chi connectivity index (χ0v) is 11.4. The third kappa shape index (κ3) is 3.78. The van der Waals surface area contributed by atoms with Crippen molar-refractivity contribution in [3.63, 3.8) is 0 Å². The predicted molar refractivity (Wildman–Crippen MR) is 67.5 cm³/mol. The molecule has 0 spiro atoms. The van der Waals surface area contributed by atoms with Crippen LogP contribution >= 0.6 is 15.9 Å². The summed E-state index contributed by atoms with van der Waals surface area (Å²) in [5.74, 6) is -0.752. The van der Waals surface area contributed by atoms with Gasteiger partial charge < -0.3 is 10.1 Å². The van der Waals surface area contributed by atoms with Crippen LogP contribution in [0.2, 0.25) is 0 Å². The molecule has 94 valence electrons. The largest absolute Gasteiger partial charge is 0.383 e. The monoisotopic (exact) mass is 303 g/mol. The second kappa shape index (κ2) is 6.71. The third-order valence-electron chi connectivity index (χ3n) is 2.39. The minimum absolute atomic E-state index is 0.0670. The quantitative estimate of drug-likeness (QED) is 0.908. The second-order valence-electron chi connectivity index (χ2n) is 3.64. The van der Waals surface area contributed by atoms with Gasteiger partial charge in [-0.25, -0.2) is 4.39 Å². The summed E-state index contributed by atoms with van der Waals surface area (Å²) in [6.45, 7) is 2.39. The highest BCUT2D eigenvalue weighted by molar-refractivity contribution is 9.10. The summed E-state index contributed by atoms with van der Waals surface area (Å²) in [4.78, 5) is 11.9. The van der Waals surface area contributed by atoms with E-state index in [9.17, 15) is 9.18 Å². The van der Waals surface area contributed by atoms with E-state index in [1.54, 1.807) is 13.2 Å². The van der Waals surface area contributed by atoms with Crippen molar-refractivity contribution >= 4 is 21.8 Å². The summed E-state index contributed by atoms with van der Waals surface area (Å²) >= 11 is 3.06. The lowest BCUT2D eigenvalue weighted by molar-refractivity contribution is 0.0893. The van der Waals surface area contributed by atoms with Gasteiger partial charge in [-0.15, -0.1) is 0 Å². The van der Waals surface area contributed by atoms with E-state index in [-0.39, 0.29) is 16.4 Å². The molecule has 0 saturated heterocycles. The van der Waals surface area contributed by atoms with Crippen molar-refractivity contribution in [3.05, 3.63) is 34.1 Å². The Morgan fingerprint density at radius 3 is 2.88 bits per heavy atom. The standard InChI is InChI=1S/C12H15BrFNO2/c1-3-8(7-17-2)15-12(16)9-5-4-6-10(14)11(9)13/h4-6,8H,3,7H2,1-2H3,(H,15,16). The number of methoxy groups -OCH3 is 1. The highest BCUT2D eigenvalue weighted by Crippen LogP contribution is 2.20. The normalized spacial score (nSPS) is 12.2. The van der Waals surface area contributed by atoms with Crippen LogP contribution in [0.5, 0.6) is 0 Å². The van der Waals surface area contributed by atoms with Crippen molar-refractivity contribution in [2.24, 2.45) is 0 Å². The van der Waals surface area contributed by atoms with Crippen LogP contribution in [0, 0.1) is 5.82 Å². The molecule has 5 heteroatoms. The minimum atomic E-state index is -0.447. The van der Waals surface area contributed by atoms with E-state index in [1.165, 1.54) is 12.1 Å². The Labute approximate surface area is 108 Å². The molecule has 3 nitrogen and oxygen atoms in total. The third-order valence-corrected chi connectivity index (χ3v) is 3.20. The first-order valence-corrected chi connectivity index (χ1v) is 6.13. The molecule has 1 aromatic carbocycles. The van der Waals surface area contributed by atoms with Crippen LogP contribution in [0.15, 0.2) is 22.7 Å². The van der Waals surface area contributed by atoms with Gasteiger partial charge in [-0.3, -0.25) is 4.79 Å². The van der Waals surface area contributed by atoms with E-state index in [0.717, 1.165) is 6.42 Å². The first-order chi connectivity index (χ1) is 8.10. The van der Waals surface area contributed by atoms with E-state index in [4.69, 9.17) is 4.74 Å². The Morgan fingerprint density at radius 1 is 1.59 bits per heavy atom. The molecule has 0 aliphatic heterocycles. The van der Waals surface area contributed by atoms with Crippen LogP contribution in [0.4, 0.5) is 4.39 Å². The summed E-state index contributed by atoms with van der Waals surface area (Å²) in [5, 5.41) is 2.79. The molecule has 0 fully saturated rings. The second-order valence-corrected chi connectivity index (χ2v) is 4.43. The molecule has 0 heterocycles. The number of carbonyl (C=O) groups is 1. The lowest BCUT2D eigenvalue weighted by Crippen LogP contribution is -2.37. The van der Waals surface area contributed by atoms with Gasteiger partial charge in [0, 0.05) is 7.11 Å². The Hall–Kier alpha value is -0.940. The predicted octanol–water partition coefficient (Wildman–Crippen LogP) is 2.74. The van der Waals surface area contributed by atoms with Crippen molar-refractivity contribution in [2.75, 3.05) is 13.7 Å². The molecule has 1 rings (SSSR count). The molecule has 0 saturated carbocycles. The molecule has 0 aliphatic carbocycles. The Morgan fingerprint density at radius 2 is 2.29 bits per heavy atom. The number of ether oxygens (including phenoxy) is 1. The van der Waals surface area contributed by atoms with E-state index in [1.807, 2.05) is 6.92 Å². The number of hydrogen-bond acceptors (Lipinski definition) is 2. The molecule has 1 atom stereocenters. The van der Waals surface area contributed by atoms with Gasteiger partial charge in [0.25, 0.3) is 5.91 Å². The van der Waals surface area contributed by atoms with Crippen molar-refractivity contribution in [3.8, 4) is 0 Å². The Kier molecular flexibility index (Phi) is 5.58. The minimum Gasteiger partial charge on any atom is -0.383 e. The zero-order chi connectivity index (χ0) is 12.8. The van der Waals surface area contributed by atoms with Gasteiger partial charge in [-0.2, -0.15) is 0 Å². The Bertz CT molecular complexity index is 398. The molecular weight excluding hydrogens is 289 g/mol. The molecule has 0 radical (unpaired) electrons. The van der Waals surface area contributed by atoms with Crippen molar-refractivity contribution in [1.82, 2.24) is 5.32 Å². The summed E-state index contributed by atoms with van der Waals surface area (Å²) in [5.41, 5.74) is 0.291. The van der Waals surface area contributed by atoms with Gasteiger partial charge in [-0.05, 0) is 34.5 Å². The molecular formula is C12H15BrFNO2. The van der Waals surface area contributed by atoms with Crippen molar-refractivity contribution in [2.45, 2.75) is 19.4 Å². The Balaban J connectivity index is 2.79. The first-order valence-electron chi connectivity index (χ1n) is 5.34. The molecule has 1 aromatic rings. The summed E-state index contributed by atoms with van der Waals surface area (Å²) < 4.78 is 18.4. The smallest absolute Gasteiger partial charge is 0.252 e. The lowest BCUT2D eigenvalue weighted by Gasteiger charge is -2.16. The average molecular weight is 304 g/mol. The fourth-order valence-electron chi connectivity index (χ4n) is 1.41. The number of halogens is 2. The van der Waals surface area contributed by atoms with Crippen LogP contribution in [0.3, 0.4) is 0 Å². The number of carbonyl (C=O) groups excluding carboxylic acids is 1. The number of benzene rings is 1. The fraction of sp³-hybridized carbons (Fsp3) is 0.417. The maximum atomic E-state index is 13.3. The van der Waals surface area contributed by atoms with E-state index in [2.05, 4.69) is 21.2 Å². The fourth-order valence-corrected chi connectivity index (χ4v) is 1.85. The van der Waals surface area contributed by atoms with Crippen LogP contribution < -0.4 is 5.32 Å². The molecule has 0 bridgehead atoms. The van der Waals surface area contributed by atoms with E-state index >= 15 is 0 Å². The van der Waals surface area contributed by atoms with Gasteiger partial charge in [0.2, 0.25) is 0 Å². The summed E-state index contributed by atoms with van der Waals surface area (Å²) in [7, 11) is 1.58. The van der Waals surface area contributed by atoms with Gasteiger partial charge in [0.1, 0.15) is 5.82 Å². The molecule has 17 heavy (non-hydrogen) atoms. The van der Waals surface area contributed by atoms with Crippen LogP contribution in [0.25, 0.3) is 0 Å². The molecule has 0 aromatic heterocycles. The number of hydrogen-bond donors (Lipinski definition) is 1. The zero-order valence-electron chi connectivity index (χ0n) is 9.80. The number of nitrogens with one attached hydrogen (secondary N) is 1. The molecule has 1 N–H and O–H groups in total. The highest BCUT2D eigenvalue weighted by Gasteiger charge is 2.16. The SMILES string of the molecule is CCC(COC)NC(=O)c1cccc(F)c1Br. The van der Waals surface area contributed by atoms with E-state index in [0.29, 0.717) is 12.2 Å². The van der Waals surface area contributed by atoms with E-state index < -0.39 is 5.82 Å². The summed E-state index contributed by atoms with van der Waals surface area (Å²) in [6, 6.07) is 4.31. The highest BCUT2D eigenvalue weighted by atomic mass is 79.9. The molecule has 1 unspecified atom stereocenters. The number of rotatable bonds is 5. The lowest BCUT2D eigenvalue weighted by atomic mass is 10.1. The number of amides is 1. The maximum Gasteiger partial charge on any atom is 0.252 e. The molecule has 1 amide bonds. The van der Waals surface area contributed by atoms with Gasteiger partial charge in [0.15, 0.2) is 0 Å². The first kappa shape index (κ1) is 14.1. The van der Waals surface area contributed by atoms with Gasteiger partial charge >= 0.3 is 0 Å². The topological polar surface area (TPSA) is 38.3 Å². The average Bonchev–Trinajstić information content (AvgIpc) is 2.31. The van der Waals surface area contributed by atoms with Crippen LogP contribution in [-0.2, 0) is 4.74 Å². The maximum absolute atomic E-state index is 13.3. The van der Waals surface area contributed by atoms with Crippen molar-refractivity contribution in [1.29, 1.82) is 0 Å². The summed E-state index contributed by atoms with van der Waals surface area (Å²) in [6.07, 6.45) is 0.756. The van der Waals surface area contributed by atoms with Crippen LogP contribution in [0.1, 0.15) is 23.7 Å².